The first kappa shape index (κ1) is 13.0. The molecular weight excluding hydrogens is 216 g/mol. The van der Waals surface area contributed by atoms with E-state index in [1.165, 1.54) is 0 Å². The summed E-state index contributed by atoms with van der Waals surface area (Å²) in [6, 6.07) is 6.37. The number of amides is 2. The van der Waals surface area contributed by atoms with Crippen molar-refractivity contribution in [3.8, 4) is 0 Å². The Labute approximate surface area is 101 Å². The van der Waals surface area contributed by atoms with Gasteiger partial charge in [-0.3, -0.25) is 9.59 Å². The van der Waals surface area contributed by atoms with E-state index in [2.05, 4.69) is 11.9 Å². The highest BCUT2D eigenvalue weighted by molar-refractivity contribution is 5.97. The standard InChI is InChI=1S/C13H16N2O2/c1-3-4-11(12(14)16)15-13(17)10-7-5-9(2)6-8-10/h3,5-8,11H,1,4H2,2H3,(H2,14,16)(H,15,17). The van der Waals surface area contributed by atoms with Crippen molar-refractivity contribution in [3.63, 3.8) is 0 Å². The summed E-state index contributed by atoms with van der Waals surface area (Å²) in [6.45, 7) is 5.45. The van der Waals surface area contributed by atoms with E-state index in [1.807, 2.05) is 19.1 Å². The lowest BCUT2D eigenvalue weighted by atomic mass is 10.1. The van der Waals surface area contributed by atoms with Crippen LogP contribution >= 0.6 is 0 Å². The third kappa shape index (κ3) is 3.75. The summed E-state index contributed by atoms with van der Waals surface area (Å²) in [5.74, 6) is -0.874. The Morgan fingerprint density at radius 3 is 2.47 bits per heavy atom. The van der Waals surface area contributed by atoms with Crippen LogP contribution in [0.5, 0.6) is 0 Å². The lowest BCUT2D eigenvalue weighted by Crippen LogP contribution is -2.44. The monoisotopic (exact) mass is 232 g/mol. The maximum Gasteiger partial charge on any atom is 0.251 e. The lowest BCUT2D eigenvalue weighted by molar-refractivity contribution is -0.119. The van der Waals surface area contributed by atoms with Gasteiger partial charge < -0.3 is 11.1 Å². The molecule has 0 aliphatic rings. The minimum absolute atomic E-state index is 0.310. The predicted octanol–water partition coefficient (Wildman–Crippen LogP) is 1.15. The van der Waals surface area contributed by atoms with E-state index in [-0.39, 0.29) is 5.91 Å². The molecule has 2 amide bonds. The Bertz CT molecular complexity index is 424. The molecule has 0 saturated carbocycles. The van der Waals surface area contributed by atoms with Crippen LogP contribution in [0.1, 0.15) is 22.3 Å². The maximum atomic E-state index is 11.8. The molecule has 0 spiro atoms. The Balaban J connectivity index is 2.73. The molecule has 0 fully saturated rings. The molecule has 17 heavy (non-hydrogen) atoms. The second-order valence-corrected chi connectivity index (χ2v) is 3.82. The highest BCUT2D eigenvalue weighted by atomic mass is 16.2. The van der Waals surface area contributed by atoms with Gasteiger partial charge in [-0.15, -0.1) is 6.58 Å². The van der Waals surface area contributed by atoms with Crippen molar-refractivity contribution < 1.29 is 9.59 Å². The average molecular weight is 232 g/mol. The van der Waals surface area contributed by atoms with Gasteiger partial charge in [0.1, 0.15) is 6.04 Å². The van der Waals surface area contributed by atoms with Crippen molar-refractivity contribution in [2.24, 2.45) is 5.73 Å². The number of nitrogens with one attached hydrogen (secondary N) is 1. The topological polar surface area (TPSA) is 72.2 Å². The Hall–Kier alpha value is -2.10. The number of nitrogens with two attached hydrogens (primary N) is 1. The molecule has 0 saturated heterocycles. The summed E-state index contributed by atoms with van der Waals surface area (Å²) in [6.07, 6.45) is 1.87. The SMILES string of the molecule is C=CCC(NC(=O)c1ccc(C)cc1)C(N)=O. The van der Waals surface area contributed by atoms with Crippen LogP contribution in [0, 0.1) is 6.92 Å². The van der Waals surface area contributed by atoms with Crippen LogP contribution in [-0.4, -0.2) is 17.9 Å². The van der Waals surface area contributed by atoms with Gasteiger partial charge in [-0.05, 0) is 25.5 Å². The average Bonchev–Trinajstić information content (AvgIpc) is 2.29. The van der Waals surface area contributed by atoms with E-state index in [0.717, 1.165) is 5.56 Å². The van der Waals surface area contributed by atoms with Crippen molar-refractivity contribution in [1.29, 1.82) is 0 Å². The first-order chi connectivity index (χ1) is 8.04. The predicted molar refractivity (Wildman–Crippen MR) is 66.4 cm³/mol. The third-order valence-electron chi connectivity index (χ3n) is 2.36. The van der Waals surface area contributed by atoms with Crippen molar-refractivity contribution >= 4 is 11.8 Å². The molecule has 0 aliphatic heterocycles. The largest absolute Gasteiger partial charge is 0.368 e. The fourth-order valence-electron chi connectivity index (χ4n) is 1.36. The van der Waals surface area contributed by atoms with Crippen molar-refractivity contribution in [3.05, 3.63) is 48.0 Å². The molecule has 3 N–H and O–H groups in total. The Morgan fingerprint density at radius 1 is 1.41 bits per heavy atom. The van der Waals surface area contributed by atoms with Crippen LogP contribution in [-0.2, 0) is 4.79 Å². The number of primary amides is 1. The van der Waals surface area contributed by atoms with Gasteiger partial charge in [0.25, 0.3) is 5.91 Å². The van der Waals surface area contributed by atoms with Crippen LogP contribution in [0.15, 0.2) is 36.9 Å². The van der Waals surface area contributed by atoms with Gasteiger partial charge in [0.2, 0.25) is 5.91 Å². The zero-order chi connectivity index (χ0) is 12.8. The van der Waals surface area contributed by atoms with Crippen molar-refractivity contribution in [2.45, 2.75) is 19.4 Å². The van der Waals surface area contributed by atoms with Gasteiger partial charge in [0, 0.05) is 5.56 Å². The first-order valence-electron chi connectivity index (χ1n) is 5.32. The highest BCUT2D eigenvalue weighted by Crippen LogP contribution is 2.04. The molecule has 1 rings (SSSR count). The summed E-state index contributed by atoms with van der Waals surface area (Å²) in [4.78, 5) is 22.9. The van der Waals surface area contributed by atoms with E-state index in [4.69, 9.17) is 5.73 Å². The molecule has 4 heteroatoms. The number of hydrogen-bond acceptors (Lipinski definition) is 2. The molecule has 1 aromatic rings. The number of hydrogen-bond donors (Lipinski definition) is 2. The quantitative estimate of drug-likeness (QED) is 0.747. The second-order valence-electron chi connectivity index (χ2n) is 3.82. The summed E-state index contributed by atoms with van der Waals surface area (Å²) < 4.78 is 0. The fraction of sp³-hybridized carbons (Fsp3) is 0.231. The summed E-state index contributed by atoms with van der Waals surface area (Å²) in [5.41, 5.74) is 6.75. The van der Waals surface area contributed by atoms with Gasteiger partial charge in [0.15, 0.2) is 0 Å². The number of carbonyl (C=O) groups is 2. The third-order valence-corrected chi connectivity index (χ3v) is 2.36. The maximum absolute atomic E-state index is 11.8. The first-order valence-corrected chi connectivity index (χ1v) is 5.32. The van der Waals surface area contributed by atoms with E-state index in [9.17, 15) is 9.59 Å². The minimum Gasteiger partial charge on any atom is -0.368 e. The molecular formula is C13H16N2O2. The van der Waals surface area contributed by atoms with Crippen LogP contribution in [0.2, 0.25) is 0 Å². The van der Waals surface area contributed by atoms with Crippen molar-refractivity contribution in [2.75, 3.05) is 0 Å². The lowest BCUT2D eigenvalue weighted by Gasteiger charge is -2.13. The van der Waals surface area contributed by atoms with E-state index in [1.54, 1.807) is 18.2 Å². The number of rotatable bonds is 5. The minimum atomic E-state index is -0.707. The Kier molecular flexibility index (Phi) is 4.46. The van der Waals surface area contributed by atoms with Gasteiger partial charge in [-0.1, -0.05) is 23.8 Å². The number of carbonyl (C=O) groups excluding carboxylic acids is 2. The second kappa shape index (κ2) is 5.84. The zero-order valence-corrected chi connectivity index (χ0v) is 9.77. The number of aryl methyl sites for hydroxylation is 1. The van der Waals surface area contributed by atoms with Crippen LogP contribution < -0.4 is 11.1 Å². The summed E-state index contributed by atoms with van der Waals surface area (Å²) >= 11 is 0. The summed E-state index contributed by atoms with van der Waals surface area (Å²) in [7, 11) is 0. The molecule has 1 atom stereocenters. The molecule has 0 aliphatic carbocycles. The van der Waals surface area contributed by atoms with E-state index < -0.39 is 11.9 Å². The van der Waals surface area contributed by atoms with E-state index >= 15 is 0 Å². The molecule has 0 heterocycles. The molecule has 90 valence electrons. The molecule has 0 aromatic heterocycles. The van der Waals surface area contributed by atoms with Crippen LogP contribution in [0.25, 0.3) is 0 Å². The van der Waals surface area contributed by atoms with Gasteiger partial charge in [0.05, 0.1) is 0 Å². The number of benzene rings is 1. The summed E-state index contributed by atoms with van der Waals surface area (Å²) in [5, 5.41) is 2.57. The molecule has 1 aromatic carbocycles. The van der Waals surface area contributed by atoms with E-state index in [0.29, 0.717) is 12.0 Å². The highest BCUT2D eigenvalue weighted by Gasteiger charge is 2.16. The molecule has 4 nitrogen and oxygen atoms in total. The fourth-order valence-corrected chi connectivity index (χ4v) is 1.36. The molecule has 0 radical (unpaired) electrons. The van der Waals surface area contributed by atoms with Gasteiger partial charge in [-0.2, -0.15) is 0 Å². The zero-order valence-electron chi connectivity index (χ0n) is 9.77. The van der Waals surface area contributed by atoms with Crippen LogP contribution in [0.3, 0.4) is 0 Å². The van der Waals surface area contributed by atoms with Gasteiger partial charge in [-0.25, -0.2) is 0 Å². The Morgan fingerprint density at radius 2 is 2.00 bits per heavy atom. The van der Waals surface area contributed by atoms with Crippen molar-refractivity contribution in [1.82, 2.24) is 5.32 Å². The normalized spacial score (nSPS) is 11.6. The molecule has 0 bridgehead atoms. The van der Waals surface area contributed by atoms with Gasteiger partial charge >= 0.3 is 0 Å². The van der Waals surface area contributed by atoms with Crippen LogP contribution in [0.4, 0.5) is 0 Å². The smallest absolute Gasteiger partial charge is 0.251 e. The molecule has 1 unspecified atom stereocenters.